The van der Waals surface area contributed by atoms with Crippen LogP contribution in [0.4, 0.5) is 0 Å². The quantitative estimate of drug-likeness (QED) is 0.430. The summed E-state index contributed by atoms with van der Waals surface area (Å²) in [5.74, 6) is 3.45. The summed E-state index contributed by atoms with van der Waals surface area (Å²) in [6, 6.07) is 6.75. The number of nitrogens with zero attached hydrogens (tertiary/aromatic N) is 3. The Balaban J connectivity index is 0.00000324. The molecule has 2 aliphatic carbocycles. The SMILES string of the molecule is Cc1ccc(CC(=O)C[C@H](CCO)c2nnc(C3CC(CC(C)(C)C)C3)n2C2CC2)c(C)c1.Cl. The molecule has 1 aromatic heterocycles. The van der Waals surface area contributed by atoms with Crippen LogP contribution in [0, 0.1) is 25.2 Å². The average molecular weight is 488 g/mol. The molecule has 2 aliphatic rings. The second-order valence-electron chi connectivity index (χ2n) is 11.9. The minimum Gasteiger partial charge on any atom is -0.396 e. The van der Waals surface area contributed by atoms with Gasteiger partial charge < -0.3 is 9.67 Å². The number of carbonyl (C=O) groups is 1. The first-order valence-electron chi connectivity index (χ1n) is 12.8. The highest BCUT2D eigenvalue weighted by molar-refractivity contribution is 5.85. The minimum absolute atomic E-state index is 0. The van der Waals surface area contributed by atoms with Crippen molar-refractivity contribution < 1.29 is 9.90 Å². The van der Waals surface area contributed by atoms with Gasteiger partial charge in [-0.05, 0) is 74.8 Å². The van der Waals surface area contributed by atoms with Gasteiger partial charge in [0.15, 0.2) is 0 Å². The summed E-state index contributed by atoms with van der Waals surface area (Å²) < 4.78 is 2.36. The summed E-state index contributed by atoms with van der Waals surface area (Å²) in [6.45, 7) is 11.2. The highest BCUT2D eigenvalue weighted by atomic mass is 35.5. The molecule has 1 N–H and O–H groups in total. The van der Waals surface area contributed by atoms with E-state index in [4.69, 9.17) is 0 Å². The zero-order valence-electron chi connectivity index (χ0n) is 21.5. The third-order valence-electron chi connectivity index (χ3n) is 7.36. The first-order valence-corrected chi connectivity index (χ1v) is 12.8. The normalized spacial score (nSPS) is 21.0. The van der Waals surface area contributed by atoms with Crippen molar-refractivity contribution >= 4 is 18.2 Å². The van der Waals surface area contributed by atoms with Crippen molar-refractivity contribution in [3.8, 4) is 0 Å². The van der Waals surface area contributed by atoms with E-state index in [-0.39, 0.29) is 30.7 Å². The molecule has 0 unspecified atom stereocenters. The van der Waals surface area contributed by atoms with Gasteiger partial charge >= 0.3 is 0 Å². The molecule has 1 heterocycles. The predicted molar refractivity (Wildman–Crippen MR) is 139 cm³/mol. The zero-order valence-corrected chi connectivity index (χ0v) is 22.3. The van der Waals surface area contributed by atoms with Gasteiger partial charge in [-0.3, -0.25) is 4.79 Å². The van der Waals surface area contributed by atoms with Crippen LogP contribution < -0.4 is 0 Å². The Morgan fingerprint density at radius 2 is 1.88 bits per heavy atom. The largest absolute Gasteiger partial charge is 0.396 e. The van der Waals surface area contributed by atoms with Crippen LogP contribution in [0.15, 0.2) is 18.2 Å². The number of aryl methyl sites for hydroxylation is 2. The van der Waals surface area contributed by atoms with E-state index in [1.807, 2.05) is 0 Å². The number of ketones is 1. The molecular formula is C28H42ClN3O2. The molecule has 5 nitrogen and oxygen atoms in total. The fourth-order valence-corrected chi connectivity index (χ4v) is 5.64. The number of benzene rings is 1. The van der Waals surface area contributed by atoms with Gasteiger partial charge in [0.1, 0.15) is 17.4 Å². The maximum Gasteiger partial charge on any atom is 0.138 e. The molecule has 0 radical (unpaired) electrons. The smallest absolute Gasteiger partial charge is 0.138 e. The molecule has 0 saturated heterocycles. The summed E-state index contributed by atoms with van der Waals surface area (Å²) in [6.07, 6.45) is 7.38. The van der Waals surface area contributed by atoms with Crippen LogP contribution in [-0.2, 0) is 11.2 Å². The second kappa shape index (κ2) is 10.9. The number of aromatic nitrogens is 3. The van der Waals surface area contributed by atoms with Gasteiger partial charge in [-0.15, -0.1) is 22.6 Å². The number of aliphatic hydroxyl groups is 1. The fourth-order valence-electron chi connectivity index (χ4n) is 5.64. The molecule has 188 valence electrons. The van der Waals surface area contributed by atoms with Crippen molar-refractivity contribution in [2.45, 2.75) is 104 Å². The van der Waals surface area contributed by atoms with E-state index in [1.165, 1.54) is 43.2 Å². The van der Waals surface area contributed by atoms with E-state index in [0.717, 1.165) is 23.1 Å². The van der Waals surface area contributed by atoms with Crippen LogP contribution in [0.1, 0.15) is 112 Å². The maximum absolute atomic E-state index is 13.0. The van der Waals surface area contributed by atoms with Crippen molar-refractivity contribution in [3.05, 3.63) is 46.5 Å². The van der Waals surface area contributed by atoms with E-state index in [1.54, 1.807) is 0 Å². The molecule has 0 aliphatic heterocycles. The first kappa shape index (κ1) is 26.9. The molecule has 2 saturated carbocycles. The Kier molecular flexibility index (Phi) is 8.62. The summed E-state index contributed by atoms with van der Waals surface area (Å²) in [5.41, 5.74) is 3.85. The van der Waals surface area contributed by atoms with Gasteiger partial charge in [0.05, 0.1) is 0 Å². The topological polar surface area (TPSA) is 68.0 Å². The van der Waals surface area contributed by atoms with Crippen LogP contribution in [0.2, 0.25) is 0 Å². The summed E-state index contributed by atoms with van der Waals surface area (Å²) >= 11 is 0. The number of Topliss-reactive ketones (excluding diaryl/α,β-unsaturated/α-hetero) is 1. The summed E-state index contributed by atoms with van der Waals surface area (Å²) in [7, 11) is 0. The van der Waals surface area contributed by atoms with E-state index in [0.29, 0.717) is 36.6 Å². The number of carbonyl (C=O) groups excluding carboxylic acids is 1. The molecule has 2 aromatic rings. The Hall–Kier alpha value is -1.72. The van der Waals surface area contributed by atoms with Crippen LogP contribution in [0.25, 0.3) is 0 Å². The van der Waals surface area contributed by atoms with Crippen LogP contribution in [-0.4, -0.2) is 32.3 Å². The lowest BCUT2D eigenvalue weighted by atomic mass is 9.68. The third-order valence-corrected chi connectivity index (χ3v) is 7.36. The van der Waals surface area contributed by atoms with Gasteiger partial charge in [0.25, 0.3) is 0 Å². The zero-order chi connectivity index (χ0) is 23.8. The van der Waals surface area contributed by atoms with Crippen molar-refractivity contribution in [2.75, 3.05) is 6.61 Å². The predicted octanol–water partition coefficient (Wildman–Crippen LogP) is 6.25. The van der Waals surface area contributed by atoms with Gasteiger partial charge in [0, 0.05) is 37.3 Å². The Bertz CT molecular complexity index is 984. The van der Waals surface area contributed by atoms with Crippen molar-refractivity contribution in [1.29, 1.82) is 0 Å². The molecular weight excluding hydrogens is 446 g/mol. The Morgan fingerprint density at radius 3 is 2.47 bits per heavy atom. The van der Waals surface area contributed by atoms with Crippen molar-refractivity contribution in [2.24, 2.45) is 11.3 Å². The number of hydrogen-bond acceptors (Lipinski definition) is 4. The lowest BCUT2D eigenvalue weighted by molar-refractivity contribution is -0.118. The highest BCUT2D eigenvalue weighted by Crippen LogP contribution is 2.49. The van der Waals surface area contributed by atoms with Gasteiger partial charge in [-0.1, -0.05) is 44.5 Å². The summed E-state index contributed by atoms with van der Waals surface area (Å²) in [5, 5.41) is 19.1. The van der Waals surface area contributed by atoms with E-state index >= 15 is 0 Å². The Morgan fingerprint density at radius 1 is 1.18 bits per heavy atom. The standard InChI is InChI=1S/C28H41N3O2.ClH/c1-18-6-7-21(19(2)12-18)15-25(33)16-22(10-11-32)26-29-30-27(31(26)24-8-9-24)23-13-20(14-23)17-28(3,4)5;/h6-7,12,20,22-24,32H,8-11,13-17H2,1-5H3;1H/t20?,22-,23?;/m0./s1. The second-order valence-corrected chi connectivity index (χ2v) is 11.9. The molecule has 34 heavy (non-hydrogen) atoms. The average Bonchev–Trinajstić information content (AvgIpc) is 3.44. The molecule has 4 rings (SSSR count). The minimum atomic E-state index is -0.0689. The Labute approximate surface area is 211 Å². The fraction of sp³-hybridized carbons (Fsp3) is 0.679. The molecule has 0 spiro atoms. The number of aliphatic hydroxyl groups excluding tert-OH is 1. The number of halogens is 1. The van der Waals surface area contributed by atoms with E-state index in [2.05, 4.69) is 67.6 Å². The number of hydrogen-bond donors (Lipinski definition) is 1. The maximum atomic E-state index is 13.0. The molecule has 1 atom stereocenters. The van der Waals surface area contributed by atoms with Crippen molar-refractivity contribution in [3.63, 3.8) is 0 Å². The first-order chi connectivity index (χ1) is 15.6. The molecule has 0 bridgehead atoms. The molecule has 1 aromatic carbocycles. The van der Waals surface area contributed by atoms with Gasteiger partial charge in [-0.2, -0.15) is 0 Å². The lowest BCUT2D eigenvalue weighted by Crippen LogP contribution is -2.28. The highest BCUT2D eigenvalue weighted by Gasteiger charge is 2.40. The van der Waals surface area contributed by atoms with E-state index in [9.17, 15) is 9.90 Å². The van der Waals surface area contributed by atoms with Crippen LogP contribution in [0.5, 0.6) is 0 Å². The van der Waals surface area contributed by atoms with Crippen LogP contribution in [0.3, 0.4) is 0 Å². The molecule has 0 amide bonds. The molecule has 6 heteroatoms. The number of rotatable bonds is 10. The lowest BCUT2D eigenvalue weighted by Gasteiger charge is -2.38. The van der Waals surface area contributed by atoms with Gasteiger partial charge in [0.2, 0.25) is 0 Å². The van der Waals surface area contributed by atoms with Gasteiger partial charge in [-0.25, -0.2) is 0 Å². The third kappa shape index (κ3) is 6.48. The van der Waals surface area contributed by atoms with Crippen LogP contribution >= 0.6 is 12.4 Å². The molecule has 2 fully saturated rings. The van der Waals surface area contributed by atoms with E-state index < -0.39 is 0 Å². The monoisotopic (exact) mass is 487 g/mol. The van der Waals surface area contributed by atoms with Crippen molar-refractivity contribution in [1.82, 2.24) is 14.8 Å². The summed E-state index contributed by atoms with van der Waals surface area (Å²) in [4.78, 5) is 13.0.